The lowest BCUT2D eigenvalue weighted by molar-refractivity contribution is 0.0998. The second kappa shape index (κ2) is 11.4. The first-order valence-electron chi connectivity index (χ1n) is 12.9. The standard InChI is InChI=1S/C28H31ClN4O5S2/c1-17(20-7-4-8-23(26(20)29)37-14-19-6-5-11-32(19)2)38-24-13-25(39-27(24)28(30)34)33-16-31-21-10-9-18(12-22(21)33)15-40(3,35)36/h4,7-10,12-13,16-17,19H,5-6,11,14-15H2,1-3H3,(H2,30,34)/t17-,19-/m1/s1. The van der Waals surface area contributed by atoms with Gasteiger partial charge in [0.1, 0.15) is 40.4 Å². The van der Waals surface area contributed by atoms with E-state index in [2.05, 4.69) is 16.9 Å². The van der Waals surface area contributed by atoms with Crippen LogP contribution >= 0.6 is 22.9 Å². The van der Waals surface area contributed by atoms with Crippen molar-refractivity contribution in [2.24, 2.45) is 5.73 Å². The lowest BCUT2D eigenvalue weighted by Crippen LogP contribution is -2.30. The van der Waals surface area contributed by atoms with E-state index in [0.717, 1.165) is 24.9 Å². The summed E-state index contributed by atoms with van der Waals surface area (Å²) in [6.07, 6.45) is 4.56. The van der Waals surface area contributed by atoms with Crippen LogP contribution in [-0.4, -0.2) is 61.3 Å². The van der Waals surface area contributed by atoms with Crippen molar-refractivity contribution >= 4 is 49.7 Å². The first-order valence-corrected chi connectivity index (χ1v) is 16.1. The van der Waals surface area contributed by atoms with Gasteiger partial charge in [-0.2, -0.15) is 0 Å². The quantitative estimate of drug-likeness (QED) is 0.271. The molecule has 212 valence electrons. The van der Waals surface area contributed by atoms with Gasteiger partial charge in [-0.1, -0.05) is 29.8 Å². The normalized spacial score (nSPS) is 16.9. The van der Waals surface area contributed by atoms with Gasteiger partial charge in [0.05, 0.1) is 21.8 Å². The number of nitrogens with two attached hydrogens (primary N) is 1. The Morgan fingerprint density at radius 1 is 1.25 bits per heavy atom. The Morgan fingerprint density at radius 2 is 2.05 bits per heavy atom. The number of carbonyl (C=O) groups is 1. The fourth-order valence-corrected chi connectivity index (χ4v) is 6.99. The third kappa shape index (κ3) is 6.12. The molecule has 2 N–H and O–H groups in total. The van der Waals surface area contributed by atoms with Crippen LogP contribution in [0.2, 0.25) is 5.02 Å². The number of carbonyl (C=O) groups excluding carboxylic acids is 1. The van der Waals surface area contributed by atoms with Gasteiger partial charge in [0.2, 0.25) is 0 Å². The van der Waals surface area contributed by atoms with Gasteiger partial charge in [0.25, 0.3) is 5.91 Å². The summed E-state index contributed by atoms with van der Waals surface area (Å²) in [5.41, 5.74) is 8.48. The molecule has 2 atom stereocenters. The Balaban J connectivity index is 1.41. The van der Waals surface area contributed by atoms with Crippen LogP contribution in [0.1, 0.15) is 46.7 Å². The van der Waals surface area contributed by atoms with Gasteiger partial charge in [0, 0.05) is 23.9 Å². The summed E-state index contributed by atoms with van der Waals surface area (Å²) < 4.78 is 37.8. The zero-order chi connectivity index (χ0) is 28.6. The summed E-state index contributed by atoms with van der Waals surface area (Å²) in [5, 5.41) is 1.12. The molecule has 9 nitrogen and oxygen atoms in total. The molecule has 2 aromatic carbocycles. The number of likely N-dealkylation sites (tertiary alicyclic amines) is 1. The SMILES string of the molecule is C[C@@H](Oc1cc(-n2cnc3ccc(CS(C)(=O)=O)cc32)sc1C(N)=O)c1cccc(OC[C@H]2CCCN2C)c1Cl. The number of thiophene rings is 1. The van der Waals surface area contributed by atoms with E-state index >= 15 is 0 Å². The maximum atomic E-state index is 12.4. The molecule has 1 aliphatic heterocycles. The predicted molar refractivity (Wildman–Crippen MR) is 158 cm³/mol. The Hall–Kier alpha value is -3.12. The van der Waals surface area contributed by atoms with Gasteiger partial charge in [0.15, 0.2) is 9.84 Å². The molecule has 5 rings (SSSR count). The number of fused-ring (bicyclic) bond motifs is 1. The number of amides is 1. The zero-order valence-electron chi connectivity index (χ0n) is 22.5. The van der Waals surface area contributed by atoms with Crippen molar-refractivity contribution in [1.82, 2.24) is 14.5 Å². The number of aromatic nitrogens is 2. The molecule has 1 aliphatic rings. The molecule has 0 saturated carbocycles. The van der Waals surface area contributed by atoms with Crippen LogP contribution < -0.4 is 15.2 Å². The summed E-state index contributed by atoms with van der Waals surface area (Å²) in [4.78, 5) is 19.3. The van der Waals surface area contributed by atoms with Crippen molar-refractivity contribution in [2.45, 2.75) is 37.7 Å². The molecule has 2 aromatic heterocycles. The van der Waals surface area contributed by atoms with Crippen LogP contribution in [0, 0.1) is 0 Å². The number of primary amides is 1. The minimum atomic E-state index is -3.21. The third-order valence-corrected chi connectivity index (χ3v) is 9.42. The molecule has 0 unspecified atom stereocenters. The Bertz CT molecular complexity index is 1670. The second-order valence-corrected chi connectivity index (χ2v) is 13.7. The largest absolute Gasteiger partial charge is 0.490 e. The molecular formula is C28H31ClN4O5S2. The molecule has 0 bridgehead atoms. The Morgan fingerprint density at radius 3 is 2.75 bits per heavy atom. The van der Waals surface area contributed by atoms with Gasteiger partial charge < -0.3 is 20.1 Å². The first kappa shape index (κ1) is 28.4. The molecule has 40 heavy (non-hydrogen) atoms. The van der Waals surface area contributed by atoms with E-state index in [1.165, 1.54) is 17.6 Å². The highest BCUT2D eigenvalue weighted by Crippen LogP contribution is 2.39. The minimum absolute atomic E-state index is 0.0854. The average molecular weight is 603 g/mol. The highest BCUT2D eigenvalue weighted by molar-refractivity contribution is 7.89. The molecule has 0 radical (unpaired) electrons. The number of imidazole rings is 1. The van der Waals surface area contributed by atoms with E-state index in [1.54, 1.807) is 35.2 Å². The maximum absolute atomic E-state index is 12.4. The van der Waals surface area contributed by atoms with Crippen LogP contribution in [0.25, 0.3) is 16.0 Å². The predicted octanol–water partition coefficient (Wildman–Crippen LogP) is 5.00. The second-order valence-electron chi connectivity index (χ2n) is 10.2. The summed E-state index contributed by atoms with van der Waals surface area (Å²) in [5.74, 6) is 0.206. The third-order valence-electron chi connectivity index (χ3n) is 7.02. The van der Waals surface area contributed by atoms with Crippen LogP contribution in [0.3, 0.4) is 0 Å². The molecule has 1 amide bonds. The minimum Gasteiger partial charge on any atom is -0.490 e. The van der Waals surface area contributed by atoms with Gasteiger partial charge in [-0.05, 0) is 57.1 Å². The first-order chi connectivity index (χ1) is 19.0. The van der Waals surface area contributed by atoms with Crippen LogP contribution in [0.5, 0.6) is 11.5 Å². The number of nitrogens with zero attached hydrogens (tertiary/aromatic N) is 3. The van der Waals surface area contributed by atoms with E-state index in [9.17, 15) is 13.2 Å². The van der Waals surface area contributed by atoms with Crippen molar-refractivity contribution in [1.29, 1.82) is 0 Å². The topological polar surface area (TPSA) is 117 Å². The number of rotatable bonds is 10. The number of halogens is 1. The molecule has 12 heteroatoms. The van der Waals surface area contributed by atoms with E-state index in [4.69, 9.17) is 26.8 Å². The number of hydrogen-bond donors (Lipinski definition) is 1. The average Bonchev–Trinajstić information content (AvgIpc) is 3.60. The number of sulfone groups is 1. The molecular weight excluding hydrogens is 572 g/mol. The van der Waals surface area contributed by atoms with Gasteiger partial charge in [-0.25, -0.2) is 13.4 Å². The van der Waals surface area contributed by atoms with Crippen LogP contribution in [0.4, 0.5) is 0 Å². The Kier molecular flexibility index (Phi) is 8.10. The molecule has 0 aliphatic carbocycles. The van der Waals surface area contributed by atoms with E-state index < -0.39 is 21.8 Å². The van der Waals surface area contributed by atoms with Crippen molar-refractivity contribution in [3.8, 4) is 16.5 Å². The lowest BCUT2D eigenvalue weighted by atomic mass is 10.1. The number of hydrogen-bond acceptors (Lipinski definition) is 8. The van der Waals surface area contributed by atoms with Crippen LogP contribution in [-0.2, 0) is 15.6 Å². The molecule has 1 fully saturated rings. The fourth-order valence-electron chi connectivity index (χ4n) is 4.94. The van der Waals surface area contributed by atoms with Gasteiger partial charge in [-0.3, -0.25) is 9.36 Å². The van der Waals surface area contributed by atoms with Crippen molar-refractivity contribution in [3.63, 3.8) is 0 Å². The molecule has 3 heterocycles. The smallest absolute Gasteiger partial charge is 0.262 e. The summed E-state index contributed by atoms with van der Waals surface area (Å²) in [7, 11) is -1.11. The number of likely N-dealkylation sites (N-methyl/N-ethyl adjacent to an activating group) is 1. The Labute approximate surface area is 242 Å². The molecule has 4 aromatic rings. The molecule has 0 spiro atoms. The van der Waals surface area contributed by atoms with E-state index in [0.29, 0.717) is 50.8 Å². The number of ether oxygens (including phenoxy) is 2. The van der Waals surface area contributed by atoms with Crippen LogP contribution in [0.15, 0.2) is 48.8 Å². The summed E-state index contributed by atoms with van der Waals surface area (Å²) in [6, 6.07) is 13.0. The van der Waals surface area contributed by atoms with Gasteiger partial charge in [-0.15, -0.1) is 11.3 Å². The van der Waals surface area contributed by atoms with Gasteiger partial charge >= 0.3 is 0 Å². The monoisotopic (exact) mass is 602 g/mol. The van der Waals surface area contributed by atoms with E-state index in [-0.39, 0.29) is 10.6 Å². The van der Waals surface area contributed by atoms with E-state index in [1.807, 2.05) is 25.1 Å². The zero-order valence-corrected chi connectivity index (χ0v) is 24.9. The highest BCUT2D eigenvalue weighted by Gasteiger charge is 2.24. The summed E-state index contributed by atoms with van der Waals surface area (Å²) in [6.45, 7) is 3.47. The number of benzene rings is 2. The maximum Gasteiger partial charge on any atom is 0.262 e. The molecule has 1 saturated heterocycles. The van der Waals surface area contributed by atoms with Crippen molar-refractivity contribution < 1.29 is 22.7 Å². The lowest BCUT2D eigenvalue weighted by Gasteiger charge is -2.21. The summed E-state index contributed by atoms with van der Waals surface area (Å²) >= 11 is 7.91. The van der Waals surface area contributed by atoms with Crippen molar-refractivity contribution in [2.75, 3.05) is 26.5 Å². The van der Waals surface area contributed by atoms with Crippen molar-refractivity contribution in [3.05, 3.63) is 69.8 Å². The fraction of sp³-hybridized carbons (Fsp3) is 0.357. The highest BCUT2D eigenvalue weighted by atomic mass is 35.5.